The Kier molecular flexibility index (Phi) is 6.21. The maximum absolute atomic E-state index is 12.1. The van der Waals surface area contributed by atoms with Gasteiger partial charge in [-0.25, -0.2) is 0 Å². The summed E-state index contributed by atoms with van der Waals surface area (Å²) in [6.07, 6.45) is -0.777. The molecular formula is C16H24N2O3. The van der Waals surface area contributed by atoms with Crippen LogP contribution in [0.2, 0.25) is 0 Å². The van der Waals surface area contributed by atoms with Crippen LogP contribution in [0.15, 0.2) is 24.3 Å². The fourth-order valence-electron chi connectivity index (χ4n) is 2.08. The third-order valence-electron chi connectivity index (χ3n) is 3.48. The van der Waals surface area contributed by atoms with E-state index in [1.165, 1.54) is 0 Å². The average Bonchev–Trinajstić information content (AvgIpc) is 2.47. The summed E-state index contributed by atoms with van der Waals surface area (Å²) in [5, 5.41) is 0. The van der Waals surface area contributed by atoms with Crippen LogP contribution in [0.25, 0.3) is 0 Å². The zero-order chi connectivity index (χ0) is 16.0. The van der Waals surface area contributed by atoms with Crippen LogP contribution in [0.3, 0.4) is 0 Å². The molecule has 0 fully saturated rings. The first-order valence-corrected chi connectivity index (χ1v) is 7.25. The Labute approximate surface area is 126 Å². The topological polar surface area (TPSA) is 72.6 Å². The van der Waals surface area contributed by atoms with E-state index in [9.17, 15) is 9.59 Å². The van der Waals surface area contributed by atoms with Gasteiger partial charge in [0.1, 0.15) is 0 Å². The Balaban J connectivity index is 2.70. The first-order valence-electron chi connectivity index (χ1n) is 7.25. The van der Waals surface area contributed by atoms with Crippen LogP contribution in [0, 0.1) is 0 Å². The summed E-state index contributed by atoms with van der Waals surface area (Å²) in [7, 11) is 0. The fraction of sp³-hybridized carbons (Fsp3) is 0.500. The SMILES string of the molecule is CCN(CC)C(=O)C(C)OC(=O)C(C)c1cccc(N)c1. The van der Waals surface area contributed by atoms with Crippen LogP contribution in [-0.4, -0.2) is 36.0 Å². The number of hydrogen-bond acceptors (Lipinski definition) is 4. The zero-order valence-electron chi connectivity index (χ0n) is 13.1. The Morgan fingerprint density at radius 3 is 2.38 bits per heavy atom. The van der Waals surface area contributed by atoms with Crippen molar-refractivity contribution in [2.24, 2.45) is 0 Å². The molecule has 0 spiro atoms. The van der Waals surface area contributed by atoms with Crippen LogP contribution in [0.4, 0.5) is 5.69 Å². The number of anilines is 1. The monoisotopic (exact) mass is 292 g/mol. The van der Waals surface area contributed by atoms with E-state index in [4.69, 9.17) is 10.5 Å². The lowest BCUT2D eigenvalue weighted by Gasteiger charge is -2.23. The minimum Gasteiger partial charge on any atom is -0.452 e. The summed E-state index contributed by atoms with van der Waals surface area (Å²) in [5.41, 5.74) is 7.09. The van der Waals surface area contributed by atoms with Crippen LogP contribution < -0.4 is 5.73 Å². The number of amides is 1. The van der Waals surface area contributed by atoms with Crippen molar-refractivity contribution < 1.29 is 14.3 Å². The smallest absolute Gasteiger partial charge is 0.313 e. The summed E-state index contributed by atoms with van der Waals surface area (Å²) in [5.74, 6) is -1.05. The molecule has 1 aromatic rings. The van der Waals surface area contributed by atoms with Gasteiger partial charge >= 0.3 is 5.97 Å². The van der Waals surface area contributed by atoms with Gasteiger partial charge in [0.05, 0.1) is 5.92 Å². The molecule has 5 nitrogen and oxygen atoms in total. The van der Waals surface area contributed by atoms with Gasteiger partial charge in [-0.3, -0.25) is 9.59 Å². The number of hydrogen-bond donors (Lipinski definition) is 1. The minimum atomic E-state index is -0.777. The quantitative estimate of drug-likeness (QED) is 0.644. The summed E-state index contributed by atoms with van der Waals surface area (Å²) in [6.45, 7) is 8.33. The largest absolute Gasteiger partial charge is 0.452 e. The van der Waals surface area contributed by atoms with E-state index in [1.807, 2.05) is 19.9 Å². The Morgan fingerprint density at radius 1 is 1.24 bits per heavy atom. The van der Waals surface area contributed by atoms with E-state index in [1.54, 1.807) is 36.9 Å². The second-order valence-electron chi connectivity index (χ2n) is 4.98. The highest BCUT2D eigenvalue weighted by Crippen LogP contribution is 2.20. The maximum Gasteiger partial charge on any atom is 0.313 e. The summed E-state index contributed by atoms with van der Waals surface area (Å²) in [6, 6.07) is 7.11. The van der Waals surface area contributed by atoms with Crippen molar-refractivity contribution in [1.29, 1.82) is 0 Å². The number of rotatable bonds is 6. The predicted octanol–water partition coefficient (Wildman–Crippen LogP) is 2.17. The normalized spacial score (nSPS) is 13.3. The third kappa shape index (κ3) is 4.48. The van der Waals surface area contributed by atoms with E-state index in [-0.39, 0.29) is 5.91 Å². The van der Waals surface area contributed by atoms with Gasteiger partial charge in [0.25, 0.3) is 5.91 Å². The first kappa shape index (κ1) is 17.0. The molecule has 0 radical (unpaired) electrons. The number of nitrogens with two attached hydrogens (primary N) is 1. The molecule has 21 heavy (non-hydrogen) atoms. The standard InChI is InChI=1S/C16H24N2O3/c1-5-18(6-2)15(19)12(4)21-16(20)11(3)13-8-7-9-14(17)10-13/h7-12H,5-6,17H2,1-4H3. The molecule has 5 heteroatoms. The molecule has 0 saturated heterocycles. The molecule has 1 aromatic carbocycles. The van der Waals surface area contributed by atoms with Crippen LogP contribution >= 0.6 is 0 Å². The van der Waals surface area contributed by atoms with Crippen LogP contribution in [-0.2, 0) is 14.3 Å². The molecule has 1 amide bonds. The molecular weight excluding hydrogens is 268 g/mol. The molecule has 0 aliphatic rings. The number of likely N-dealkylation sites (N-methyl/N-ethyl adjacent to an activating group) is 1. The highest BCUT2D eigenvalue weighted by atomic mass is 16.5. The molecule has 0 aliphatic heterocycles. The maximum atomic E-state index is 12.1. The average molecular weight is 292 g/mol. The van der Waals surface area contributed by atoms with Crippen LogP contribution in [0.1, 0.15) is 39.2 Å². The Morgan fingerprint density at radius 2 is 1.86 bits per heavy atom. The zero-order valence-corrected chi connectivity index (χ0v) is 13.1. The van der Waals surface area contributed by atoms with Gasteiger partial charge in [0, 0.05) is 18.8 Å². The van der Waals surface area contributed by atoms with Gasteiger partial charge in [-0.15, -0.1) is 0 Å². The van der Waals surface area contributed by atoms with Gasteiger partial charge in [-0.2, -0.15) is 0 Å². The highest BCUT2D eigenvalue weighted by Gasteiger charge is 2.25. The number of nitrogen functional groups attached to an aromatic ring is 1. The molecule has 116 valence electrons. The molecule has 0 saturated carbocycles. The number of nitrogens with zero attached hydrogens (tertiary/aromatic N) is 1. The number of benzene rings is 1. The number of carbonyl (C=O) groups is 2. The van der Waals surface area contributed by atoms with Crippen molar-refractivity contribution in [2.45, 2.75) is 39.7 Å². The molecule has 0 aromatic heterocycles. The van der Waals surface area contributed by atoms with E-state index < -0.39 is 18.0 Å². The van der Waals surface area contributed by atoms with Crippen molar-refractivity contribution in [3.8, 4) is 0 Å². The summed E-state index contributed by atoms with van der Waals surface area (Å²) < 4.78 is 5.28. The lowest BCUT2D eigenvalue weighted by Crippen LogP contribution is -2.40. The van der Waals surface area contributed by atoms with E-state index in [0.29, 0.717) is 18.8 Å². The lowest BCUT2D eigenvalue weighted by molar-refractivity contribution is -0.159. The van der Waals surface area contributed by atoms with Crippen LogP contribution in [0.5, 0.6) is 0 Å². The first-order chi connectivity index (χ1) is 9.90. The molecule has 2 atom stereocenters. The van der Waals surface area contributed by atoms with Crippen molar-refractivity contribution in [3.63, 3.8) is 0 Å². The number of carbonyl (C=O) groups excluding carboxylic acids is 2. The van der Waals surface area contributed by atoms with Crippen molar-refractivity contribution in [3.05, 3.63) is 29.8 Å². The molecule has 2 N–H and O–H groups in total. The molecule has 0 aliphatic carbocycles. The van der Waals surface area contributed by atoms with Gasteiger partial charge in [-0.05, 0) is 45.4 Å². The van der Waals surface area contributed by atoms with E-state index in [0.717, 1.165) is 5.56 Å². The Bertz CT molecular complexity index is 498. The van der Waals surface area contributed by atoms with Crippen molar-refractivity contribution >= 4 is 17.6 Å². The predicted molar refractivity (Wildman–Crippen MR) is 82.8 cm³/mol. The van der Waals surface area contributed by atoms with E-state index >= 15 is 0 Å². The van der Waals surface area contributed by atoms with E-state index in [2.05, 4.69) is 0 Å². The van der Waals surface area contributed by atoms with Gasteiger partial charge in [-0.1, -0.05) is 12.1 Å². The number of ether oxygens (including phenoxy) is 1. The van der Waals surface area contributed by atoms with Gasteiger partial charge in [0.15, 0.2) is 6.10 Å². The number of esters is 1. The second kappa shape index (κ2) is 7.67. The summed E-state index contributed by atoms with van der Waals surface area (Å²) >= 11 is 0. The minimum absolute atomic E-state index is 0.173. The highest BCUT2D eigenvalue weighted by molar-refractivity contribution is 5.85. The lowest BCUT2D eigenvalue weighted by atomic mass is 10.0. The summed E-state index contributed by atoms with van der Waals surface area (Å²) in [4.78, 5) is 25.9. The third-order valence-corrected chi connectivity index (χ3v) is 3.48. The molecule has 1 rings (SSSR count). The van der Waals surface area contributed by atoms with Crippen molar-refractivity contribution in [2.75, 3.05) is 18.8 Å². The van der Waals surface area contributed by atoms with Crippen molar-refractivity contribution in [1.82, 2.24) is 4.90 Å². The van der Waals surface area contributed by atoms with Gasteiger partial charge in [0.2, 0.25) is 0 Å². The molecule has 2 unspecified atom stereocenters. The Hall–Kier alpha value is -2.04. The fourth-order valence-corrected chi connectivity index (χ4v) is 2.08. The molecule has 0 heterocycles. The second-order valence-corrected chi connectivity index (χ2v) is 4.98. The van der Waals surface area contributed by atoms with Gasteiger partial charge < -0.3 is 15.4 Å². The molecule has 0 bridgehead atoms.